The van der Waals surface area contributed by atoms with Crippen molar-refractivity contribution in [1.82, 2.24) is 36.3 Å². The first-order valence-corrected chi connectivity index (χ1v) is 13.3. The lowest BCUT2D eigenvalue weighted by Crippen LogP contribution is -2.54. The molecule has 12 N–H and O–H groups in total. The van der Waals surface area contributed by atoms with Crippen LogP contribution < -0.4 is 44.2 Å². The number of aldehydes is 1. The number of hydrogen-bond acceptors (Lipinski definition) is 9. The zero-order valence-electron chi connectivity index (χ0n) is 22.3. The fourth-order valence-corrected chi connectivity index (χ4v) is 4.04. The molecule has 1 aliphatic rings. The molecule has 3 atom stereocenters. The maximum absolute atomic E-state index is 13.3. The Morgan fingerprint density at radius 3 is 2.31 bits per heavy atom. The van der Waals surface area contributed by atoms with Crippen molar-refractivity contribution in [2.24, 2.45) is 32.9 Å². The van der Waals surface area contributed by atoms with Crippen LogP contribution in [-0.4, -0.2) is 89.3 Å². The summed E-state index contributed by atoms with van der Waals surface area (Å²) in [4.78, 5) is 46.1. The molecule has 2 bridgehead atoms. The number of nitrogens with two attached hydrogens (primary N) is 4. The van der Waals surface area contributed by atoms with Crippen molar-refractivity contribution in [3.05, 3.63) is 11.9 Å². The molecule has 2 amide bonds. The number of hydrogen-bond donors (Lipinski definition) is 8. The molecular formula is C23H43N13O3. The van der Waals surface area contributed by atoms with E-state index in [1.807, 2.05) is 6.20 Å². The minimum absolute atomic E-state index is 0.0216. The first-order valence-electron chi connectivity index (χ1n) is 13.3. The second kappa shape index (κ2) is 17.7. The van der Waals surface area contributed by atoms with Gasteiger partial charge in [0, 0.05) is 32.4 Å². The Labute approximate surface area is 228 Å². The van der Waals surface area contributed by atoms with Crippen LogP contribution in [0.25, 0.3) is 0 Å². The lowest BCUT2D eigenvalue weighted by molar-refractivity contribution is -0.131. The van der Waals surface area contributed by atoms with Crippen LogP contribution in [0.2, 0.25) is 0 Å². The van der Waals surface area contributed by atoms with Crippen LogP contribution in [0, 0.1) is 0 Å². The van der Waals surface area contributed by atoms with Gasteiger partial charge in [0.25, 0.3) is 0 Å². The number of nitrogens with one attached hydrogen (secondary N) is 4. The number of nitrogens with zero attached hydrogens (tertiary/aromatic N) is 5. The third-order valence-corrected chi connectivity index (χ3v) is 6.07. The molecule has 39 heavy (non-hydrogen) atoms. The summed E-state index contributed by atoms with van der Waals surface area (Å²) in [6.45, 7) is 2.89. The summed E-state index contributed by atoms with van der Waals surface area (Å²) >= 11 is 0. The van der Waals surface area contributed by atoms with Crippen LogP contribution in [0.4, 0.5) is 0 Å². The highest BCUT2D eigenvalue weighted by Gasteiger charge is 2.26. The van der Waals surface area contributed by atoms with Gasteiger partial charge in [-0.1, -0.05) is 5.21 Å². The molecule has 0 aliphatic carbocycles. The quantitative estimate of drug-likeness (QED) is 0.0657. The molecule has 2 heterocycles. The second-order valence-electron chi connectivity index (χ2n) is 9.36. The summed E-state index contributed by atoms with van der Waals surface area (Å²) in [5.74, 6) is -0.864. The van der Waals surface area contributed by atoms with E-state index in [-0.39, 0.29) is 24.2 Å². The molecule has 0 saturated heterocycles. The Balaban J connectivity index is 2.18. The minimum atomic E-state index is -0.877. The van der Waals surface area contributed by atoms with E-state index in [0.29, 0.717) is 58.4 Å². The van der Waals surface area contributed by atoms with Crippen LogP contribution >= 0.6 is 0 Å². The maximum Gasteiger partial charge on any atom is 0.243 e. The van der Waals surface area contributed by atoms with Crippen LogP contribution in [0.15, 0.2) is 16.2 Å². The first kappa shape index (κ1) is 31.4. The van der Waals surface area contributed by atoms with Crippen molar-refractivity contribution < 1.29 is 14.4 Å². The SMILES string of the molecule is NC(N)=NCCC[C@@H]1NCCn2cc(nn2)CNCCCC[C@@H](C=O)NC(=O)[C@H](CCCN=C(N)N)NC1=O. The van der Waals surface area contributed by atoms with Gasteiger partial charge in [-0.25, -0.2) is 0 Å². The highest BCUT2D eigenvalue weighted by atomic mass is 16.2. The molecule has 16 nitrogen and oxygen atoms in total. The molecule has 0 aromatic carbocycles. The average Bonchev–Trinajstić information content (AvgIpc) is 3.34. The number of guanidine groups is 2. The topological polar surface area (TPSA) is 259 Å². The second-order valence-corrected chi connectivity index (χ2v) is 9.36. The fraction of sp³-hybridized carbons (Fsp3) is 0.696. The molecule has 1 aromatic heterocycles. The van der Waals surface area contributed by atoms with Crippen molar-refractivity contribution in [3.8, 4) is 0 Å². The number of carbonyl (C=O) groups is 3. The molecule has 1 aliphatic heterocycles. The summed E-state index contributed by atoms with van der Waals surface area (Å²) in [6.07, 6.45) is 6.30. The van der Waals surface area contributed by atoms with Crippen molar-refractivity contribution in [2.45, 2.75) is 76.2 Å². The van der Waals surface area contributed by atoms with Gasteiger partial charge in [0.1, 0.15) is 12.3 Å². The lowest BCUT2D eigenvalue weighted by Gasteiger charge is -2.24. The van der Waals surface area contributed by atoms with E-state index >= 15 is 0 Å². The largest absolute Gasteiger partial charge is 0.370 e. The van der Waals surface area contributed by atoms with Crippen molar-refractivity contribution >= 4 is 30.0 Å². The van der Waals surface area contributed by atoms with E-state index in [1.165, 1.54) is 0 Å². The van der Waals surface area contributed by atoms with E-state index in [1.54, 1.807) is 4.68 Å². The Hall–Kier alpha value is -3.79. The molecule has 0 fully saturated rings. The van der Waals surface area contributed by atoms with Crippen molar-refractivity contribution in [3.63, 3.8) is 0 Å². The van der Waals surface area contributed by atoms with Gasteiger partial charge in [-0.05, 0) is 51.5 Å². The van der Waals surface area contributed by atoms with E-state index in [9.17, 15) is 14.4 Å². The Kier molecular flexibility index (Phi) is 14.2. The van der Waals surface area contributed by atoms with E-state index in [0.717, 1.165) is 31.4 Å². The van der Waals surface area contributed by atoms with Crippen LogP contribution in [0.1, 0.15) is 50.6 Å². The van der Waals surface area contributed by atoms with Crippen LogP contribution in [0.3, 0.4) is 0 Å². The third kappa shape index (κ3) is 13.0. The van der Waals surface area contributed by atoms with Crippen LogP contribution in [0.5, 0.6) is 0 Å². The zero-order chi connectivity index (χ0) is 28.5. The van der Waals surface area contributed by atoms with Gasteiger partial charge in [0.15, 0.2) is 11.9 Å². The predicted molar refractivity (Wildman–Crippen MR) is 147 cm³/mol. The molecular weight excluding hydrogens is 506 g/mol. The van der Waals surface area contributed by atoms with Gasteiger partial charge in [-0.2, -0.15) is 0 Å². The average molecular weight is 550 g/mol. The molecule has 0 saturated carbocycles. The van der Waals surface area contributed by atoms with Crippen molar-refractivity contribution in [2.75, 3.05) is 26.2 Å². The highest BCUT2D eigenvalue weighted by molar-refractivity contribution is 5.90. The molecule has 0 spiro atoms. The molecule has 1 aromatic rings. The Morgan fingerprint density at radius 1 is 0.974 bits per heavy atom. The van der Waals surface area contributed by atoms with Gasteiger partial charge >= 0.3 is 0 Å². The summed E-state index contributed by atoms with van der Waals surface area (Å²) in [5, 5.41) is 20.5. The van der Waals surface area contributed by atoms with Crippen molar-refractivity contribution in [1.29, 1.82) is 0 Å². The van der Waals surface area contributed by atoms with E-state index in [4.69, 9.17) is 22.9 Å². The third-order valence-electron chi connectivity index (χ3n) is 6.07. The van der Waals surface area contributed by atoms with E-state index in [2.05, 4.69) is 41.6 Å². The highest BCUT2D eigenvalue weighted by Crippen LogP contribution is 2.06. The monoisotopic (exact) mass is 549 g/mol. The summed E-state index contributed by atoms with van der Waals surface area (Å²) in [6, 6.07) is -2.16. The Morgan fingerprint density at radius 2 is 1.64 bits per heavy atom. The number of amides is 2. The number of rotatable bonds is 9. The molecule has 218 valence electrons. The number of carbonyl (C=O) groups excluding carboxylic acids is 3. The summed E-state index contributed by atoms with van der Waals surface area (Å²) in [5.41, 5.74) is 22.4. The fourth-order valence-electron chi connectivity index (χ4n) is 4.04. The van der Waals surface area contributed by atoms with E-state index < -0.39 is 24.0 Å². The zero-order valence-corrected chi connectivity index (χ0v) is 22.3. The maximum atomic E-state index is 13.3. The molecule has 16 heteroatoms. The van der Waals surface area contributed by atoms with Crippen LogP contribution in [-0.2, 0) is 27.5 Å². The van der Waals surface area contributed by atoms with Gasteiger partial charge < -0.3 is 49.0 Å². The van der Waals surface area contributed by atoms with Gasteiger partial charge in [-0.15, -0.1) is 5.10 Å². The Bertz CT molecular complexity index is 957. The molecule has 0 radical (unpaired) electrons. The summed E-state index contributed by atoms with van der Waals surface area (Å²) in [7, 11) is 0. The number of fused-ring (bicyclic) bond motifs is 2. The number of aromatic nitrogens is 3. The van der Waals surface area contributed by atoms with Gasteiger partial charge in [-0.3, -0.25) is 24.3 Å². The number of aliphatic imine (C=N–C) groups is 2. The standard InChI is InChI=1S/C23H43N13O3/c24-22(25)30-9-3-6-18-20(38)33-19(7-4-10-31-23(26)27)21(39)32-16(15-37)5-1-2-8-28-13-17-14-36(35-34-17)12-11-29-18/h14-16,18-19,28-29H,1-13H2,(H,32,39)(H,33,38)(H4,24,25,30)(H4,26,27,31)/t16-,18-,19-/m0/s1. The molecule has 0 unspecified atom stereocenters. The van der Waals surface area contributed by atoms with Gasteiger partial charge in [0.05, 0.1) is 24.3 Å². The normalized spacial score (nSPS) is 21.8. The molecule has 2 rings (SSSR count). The summed E-state index contributed by atoms with van der Waals surface area (Å²) < 4.78 is 1.71. The predicted octanol–water partition coefficient (Wildman–Crippen LogP) is -3.21. The van der Waals surface area contributed by atoms with Gasteiger partial charge in [0.2, 0.25) is 11.8 Å². The first-order chi connectivity index (χ1) is 18.8. The smallest absolute Gasteiger partial charge is 0.243 e. The minimum Gasteiger partial charge on any atom is -0.370 e. The lowest BCUT2D eigenvalue weighted by atomic mass is 10.1.